The maximum Gasteiger partial charge on any atom is 0.404 e. The summed E-state index contributed by atoms with van der Waals surface area (Å²) in [5.74, 6) is -2.63. The second kappa shape index (κ2) is 12.8. The molecule has 1 saturated heterocycles. The number of aromatic nitrogens is 1. The molecule has 2 aliphatic rings. The Morgan fingerprint density at radius 1 is 1.25 bits per heavy atom. The Bertz CT molecular complexity index is 1280. The van der Waals surface area contributed by atoms with Gasteiger partial charge in [-0.3, -0.25) is 19.3 Å². The fourth-order valence-electron chi connectivity index (χ4n) is 3.40. The summed E-state index contributed by atoms with van der Waals surface area (Å²) in [4.78, 5) is 72.1. The molecular weight excluding hydrogens is 568 g/mol. The fourth-order valence-corrected chi connectivity index (χ4v) is 5.27. The van der Waals surface area contributed by atoms with Crippen LogP contribution in [0.3, 0.4) is 0 Å². The third-order valence-electron chi connectivity index (χ3n) is 5.27. The van der Waals surface area contributed by atoms with Crippen molar-refractivity contribution in [2.24, 2.45) is 16.3 Å². The standard InChI is InChI=1S/C23H28N6O9S2/c1-23(2,3)20(33)38-10-37-19(32)15-11(6-5-7-36-22(25)34)8-39-18-14(17(31)29(15)18)27-16(30)13(28-35-4)12-9-40-21(24)26-12/h5-6,9,14,18H,7-8,10H2,1-4H3,(H2,24,26)(H2,25,34)(H,27,30)/b6-5-,28-13-/t14?,18-/m0/s1. The van der Waals surface area contributed by atoms with E-state index in [9.17, 15) is 24.0 Å². The van der Waals surface area contributed by atoms with Crippen LogP contribution in [0.25, 0.3) is 0 Å². The number of primary amides is 1. The first-order valence-corrected chi connectivity index (χ1v) is 13.5. The van der Waals surface area contributed by atoms with E-state index in [1.165, 1.54) is 41.3 Å². The molecule has 0 spiro atoms. The van der Waals surface area contributed by atoms with E-state index in [-0.39, 0.29) is 34.6 Å². The number of carbonyl (C=O) groups is 5. The highest BCUT2D eigenvalue weighted by atomic mass is 32.2. The molecule has 1 unspecified atom stereocenters. The van der Waals surface area contributed by atoms with E-state index < -0.39 is 53.5 Å². The third kappa shape index (κ3) is 7.09. The number of anilines is 1. The minimum Gasteiger partial charge on any atom is -0.445 e. The molecule has 0 saturated carbocycles. The van der Waals surface area contributed by atoms with Crippen molar-refractivity contribution in [1.29, 1.82) is 0 Å². The molecule has 3 amide bonds. The number of thiazole rings is 1. The number of amides is 3. The molecule has 1 aromatic heterocycles. The van der Waals surface area contributed by atoms with Gasteiger partial charge in [0.2, 0.25) is 6.79 Å². The van der Waals surface area contributed by atoms with Gasteiger partial charge < -0.3 is 35.8 Å². The zero-order valence-electron chi connectivity index (χ0n) is 22.0. The summed E-state index contributed by atoms with van der Waals surface area (Å²) in [6.45, 7) is 4.07. The van der Waals surface area contributed by atoms with Gasteiger partial charge in [0.05, 0.1) is 5.41 Å². The maximum atomic E-state index is 13.2. The summed E-state index contributed by atoms with van der Waals surface area (Å²) in [6, 6.07) is -1.01. The van der Waals surface area contributed by atoms with Crippen LogP contribution >= 0.6 is 23.1 Å². The molecular formula is C23H28N6O9S2. The van der Waals surface area contributed by atoms with Crippen LogP contribution in [0.4, 0.5) is 9.93 Å². The molecule has 216 valence electrons. The molecule has 17 heteroatoms. The van der Waals surface area contributed by atoms with Crippen LogP contribution in [-0.2, 0) is 38.2 Å². The van der Waals surface area contributed by atoms with Gasteiger partial charge in [0.15, 0.2) is 10.8 Å². The summed E-state index contributed by atoms with van der Waals surface area (Å²) >= 11 is 2.37. The van der Waals surface area contributed by atoms with Crippen molar-refractivity contribution < 1.29 is 43.0 Å². The Kier molecular flexibility index (Phi) is 9.75. The molecule has 0 aromatic carbocycles. The molecule has 0 bridgehead atoms. The summed E-state index contributed by atoms with van der Waals surface area (Å²) in [5, 5.41) is 7.37. The first-order chi connectivity index (χ1) is 18.8. The quantitative estimate of drug-likeness (QED) is 0.110. The largest absolute Gasteiger partial charge is 0.445 e. The lowest BCUT2D eigenvalue weighted by Gasteiger charge is -2.49. The van der Waals surface area contributed by atoms with E-state index in [0.717, 1.165) is 11.3 Å². The highest BCUT2D eigenvalue weighted by Crippen LogP contribution is 2.41. The topological polar surface area (TPSA) is 215 Å². The number of allylic oxidation sites excluding steroid dienone is 1. The van der Waals surface area contributed by atoms with Crippen LogP contribution in [0.5, 0.6) is 0 Å². The number of hydrogen-bond donors (Lipinski definition) is 3. The predicted molar refractivity (Wildman–Crippen MR) is 143 cm³/mol. The maximum absolute atomic E-state index is 13.2. The average Bonchev–Trinajstić information content (AvgIpc) is 3.32. The summed E-state index contributed by atoms with van der Waals surface area (Å²) in [7, 11) is 1.25. The molecule has 3 heterocycles. The second-order valence-electron chi connectivity index (χ2n) is 9.19. The molecule has 1 aromatic rings. The van der Waals surface area contributed by atoms with Gasteiger partial charge in [0.1, 0.15) is 36.5 Å². The molecule has 2 atom stereocenters. The van der Waals surface area contributed by atoms with E-state index >= 15 is 0 Å². The zero-order valence-corrected chi connectivity index (χ0v) is 23.6. The van der Waals surface area contributed by atoms with Gasteiger partial charge in [-0.05, 0) is 32.4 Å². The number of nitrogen functional groups attached to an aromatic ring is 1. The highest BCUT2D eigenvalue weighted by molar-refractivity contribution is 8.00. The van der Waals surface area contributed by atoms with E-state index in [2.05, 4.69) is 20.2 Å². The van der Waals surface area contributed by atoms with Gasteiger partial charge in [-0.25, -0.2) is 14.6 Å². The number of β-lactam (4-membered cyclic amide) rings is 1. The normalized spacial score (nSPS) is 19.1. The smallest absolute Gasteiger partial charge is 0.404 e. The summed E-state index contributed by atoms with van der Waals surface area (Å²) in [6.07, 6.45) is 1.94. The predicted octanol–water partition coefficient (Wildman–Crippen LogP) is 0.471. The van der Waals surface area contributed by atoms with Gasteiger partial charge in [-0.2, -0.15) is 0 Å². The van der Waals surface area contributed by atoms with Crippen molar-refractivity contribution in [3.8, 4) is 0 Å². The summed E-state index contributed by atoms with van der Waals surface area (Å²) in [5.41, 5.74) is 10.0. The number of thioether (sulfide) groups is 1. The molecule has 40 heavy (non-hydrogen) atoms. The number of carbonyl (C=O) groups excluding carboxylic acids is 5. The van der Waals surface area contributed by atoms with Crippen LogP contribution in [0.1, 0.15) is 26.5 Å². The zero-order chi connectivity index (χ0) is 29.6. The van der Waals surface area contributed by atoms with E-state index in [1.54, 1.807) is 20.8 Å². The number of esters is 2. The first-order valence-electron chi connectivity index (χ1n) is 11.6. The monoisotopic (exact) mass is 596 g/mol. The van der Waals surface area contributed by atoms with E-state index in [0.29, 0.717) is 5.57 Å². The lowest BCUT2D eigenvalue weighted by atomic mass is 9.98. The van der Waals surface area contributed by atoms with Crippen molar-refractivity contribution in [3.05, 3.63) is 34.5 Å². The fraction of sp³-hybridized carbons (Fsp3) is 0.435. The SMILES string of the molecule is CO/N=C(\C(=O)NC1C(=O)N2C(C(=O)OCOC(=O)C(C)(C)C)=C(/C=C\COC(N)=O)CS[C@@H]12)c1csc(N)n1. The van der Waals surface area contributed by atoms with Gasteiger partial charge >= 0.3 is 18.0 Å². The van der Waals surface area contributed by atoms with Crippen LogP contribution in [0.15, 0.2) is 34.0 Å². The van der Waals surface area contributed by atoms with Crippen LogP contribution in [0.2, 0.25) is 0 Å². The van der Waals surface area contributed by atoms with Crippen LogP contribution in [0, 0.1) is 5.41 Å². The van der Waals surface area contributed by atoms with E-state index in [1.807, 2.05) is 0 Å². The van der Waals surface area contributed by atoms with Gasteiger partial charge in [-0.1, -0.05) is 11.2 Å². The number of rotatable bonds is 10. The third-order valence-corrected chi connectivity index (χ3v) is 7.25. The van der Waals surface area contributed by atoms with Gasteiger partial charge in [0.25, 0.3) is 11.8 Å². The minimum atomic E-state index is -1.01. The number of nitrogens with one attached hydrogen (secondary N) is 1. The van der Waals surface area contributed by atoms with Crippen molar-refractivity contribution in [1.82, 2.24) is 15.2 Å². The molecule has 0 radical (unpaired) electrons. The van der Waals surface area contributed by atoms with Gasteiger partial charge in [-0.15, -0.1) is 23.1 Å². The summed E-state index contributed by atoms with van der Waals surface area (Å²) < 4.78 is 14.8. The van der Waals surface area contributed by atoms with Crippen molar-refractivity contribution in [2.45, 2.75) is 32.2 Å². The lowest BCUT2D eigenvalue weighted by Crippen LogP contribution is -2.71. The van der Waals surface area contributed by atoms with Gasteiger partial charge in [0, 0.05) is 11.1 Å². The number of nitrogens with two attached hydrogens (primary N) is 2. The first kappa shape index (κ1) is 30.4. The van der Waals surface area contributed by atoms with E-state index in [4.69, 9.17) is 25.8 Å². The number of ether oxygens (including phenoxy) is 3. The molecule has 1 fully saturated rings. The number of nitrogens with zero attached hydrogens (tertiary/aromatic N) is 3. The van der Waals surface area contributed by atoms with Crippen molar-refractivity contribution >= 4 is 63.8 Å². The van der Waals surface area contributed by atoms with Crippen molar-refractivity contribution in [3.63, 3.8) is 0 Å². The number of hydrogen-bond acceptors (Lipinski definition) is 14. The Morgan fingerprint density at radius 2 is 1.98 bits per heavy atom. The Morgan fingerprint density at radius 3 is 2.58 bits per heavy atom. The molecule has 15 nitrogen and oxygen atoms in total. The lowest BCUT2D eigenvalue weighted by molar-refractivity contribution is -0.173. The Balaban J connectivity index is 1.79. The minimum absolute atomic E-state index is 0.112. The molecule has 2 aliphatic heterocycles. The average molecular weight is 597 g/mol. The van der Waals surface area contributed by atoms with Crippen LogP contribution in [-0.4, -0.2) is 83.1 Å². The highest BCUT2D eigenvalue weighted by Gasteiger charge is 2.54. The number of oxime groups is 1. The second-order valence-corrected chi connectivity index (χ2v) is 11.2. The van der Waals surface area contributed by atoms with Crippen molar-refractivity contribution in [2.75, 3.05) is 32.0 Å². The molecule has 5 N–H and O–H groups in total. The van der Waals surface area contributed by atoms with Crippen LogP contribution < -0.4 is 16.8 Å². The number of fused-ring (bicyclic) bond motifs is 1. The molecule has 0 aliphatic carbocycles. The Hall–Kier alpha value is -4.12. The Labute approximate surface area is 236 Å². The molecule has 3 rings (SSSR count).